The second-order valence-corrected chi connectivity index (χ2v) is 6.54. The number of anilines is 1. The molecule has 4 heterocycles. The summed E-state index contributed by atoms with van der Waals surface area (Å²) >= 11 is 0. The minimum atomic E-state index is 0.0247. The molecular weight excluding hydrogens is 310 g/mol. The molecule has 1 N–H and O–H groups in total. The van der Waals surface area contributed by atoms with Crippen LogP contribution in [0.25, 0.3) is 5.52 Å². The van der Waals surface area contributed by atoms with Gasteiger partial charge in [0.2, 0.25) is 0 Å². The van der Waals surface area contributed by atoms with Crippen LogP contribution in [0.15, 0.2) is 61.1 Å². The van der Waals surface area contributed by atoms with E-state index in [1.165, 1.54) is 16.9 Å². The van der Waals surface area contributed by atoms with E-state index in [9.17, 15) is 0 Å². The van der Waals surface area contributed by atoms with Gasteiger partial charge >= 0.3 is 0 Å². The van der Waals surface area contributed by atoms with Crippen LogP contribution >= 0.6 is 0 Å². The molecule has 0 bridgehead atoms. The highest BCUT2D eigenvalue weighted by Crippen LogP contribution is 2.36. The van der Waals surface area contributed by atoms with E-state index in [-0.39, 0.29) is 6.04 Å². The number of aromatic nitrogens is 4. The summed E-state index contributed by atoms with van der Waals surface area (Å²) in [4.78, 5) is 10.3. The lowest BCUT2D eigenvalue weighted by atomic mass is 9.98. The Balaban J connectivity index is 1.70. The summed E-state index contributed by atoms with van der Waals surface area (Å²) < 4.78 is 1.97. The van der Waals surface area contributed by atoms with E-state index in [1.54, 1.807) is 6.33 Å². The molecule has 1 atom stereocenters. The van der Waals surface area contributed by atoms with Gasteiger partial charge in [-0.1, -0.05) is 24.3 Å². The van der Waals surface area contributed by atoms with E-state index >= 15 is 0 Å². The summed E-state index contributed by atoms with van der Waals surface area (Å²) in [6.45, 7) is 3.06. The highest BCUT2D eigenvalue weighted by molar-refractivity contribution is 5.58. The van der Waals surface area contributed by atoms with E-state index < -0.39 is 0 Å². The van der Waals surface area contributed by atoms with Crippen LogP contribution in [0.3, 0.4) is 0 Å². The van der Waals surface area contributed by atoms with E-state index in [2.05, 4.69) is 64.3 Å². The first-order valence-electron chi connectivity index (χ1n) is 8.60. The Morgan fingerprint density at radius 3 is 2.84 bits per heavy atom. The number of aromatic amines is 1. The van der Waals surface area contributed by atoms with E-state index in [0.29, 0.717) is 0 Å². The fourth-order valence-electron chi connectivity index (χ4n) is 3.78. The predicted octanol–water partition coefficient (Wildman–Crippen LogP) is 3.52. The third-order valence-corrected chi connectivity index (χ3v) is 5.03. The van der Waals surface area contributed by atoms with Gasteiger partial charge < -0.3 is 9.88 Å². The molecule has 0 aliphatic carbocycles. The van der Waals surface area contributed by atoms with Crippen molar-refractivity contribution in [3.8, 4) is 0 Å². The van der Waals surface area contributed by atoms with Crippen LogP contribution in [0.5, 0.6) is 0 Å². The van der Waals surface area contributed by atoms with Gasteiger partial charge in [-0.15, -0.1) is 0 Å². The van der Waals surface area contributed by atoms with Crippen molar-refractivity contribution in [1.82, 2.24) is 19.6 Å². The Kier molecular flexibility index (Phi) is 3.13. The summed E-state index contributed by atoms with van der Waals surface area (Å²) in [6, 6.07) is 16.9. The van der Waals surface area contributed by atoms with E-state index in [4.69, 9.17) is 5.10 Å². The molecule has 4 aromatic rings. The molecule has 3 aromatic heterocycles. The van der Waals surface area contributed by atoms with E-state index in [0.717, 1.165) is 29.9 Å². The van der Waals surface area contributed by atoms with Crippen molar-refractivity contribution in [3.63, 3.8) is 0 Å². The zero-order chi connectivity index (χ0) is 16.8. The molecule has 1 aliphatic heterocycles. The van der Waals surface area contributed by atoms with Crippen LogP contribution in [0.2, 0.25) is 0 Å². The summed E-state index contributed by atoms with van der Waals surface area (Å²) in [5, 5.41) is 4.87. The third-order valence-electron chi connectivity index (χ3n) is 5.03. The van der Waals surface area contributed by atoms with Gasteiger partial charge in [-0.3, -0.25) is 0 Å². The van der Waals surface area contributed by atoms with Crippen molar-refractivity contribution in [1.29, 1.82) is 0 Å². The second kappa shape index (κ2) is 5.48. The first-order chi connectivity index (χ1) is 12.3. The lowest BCUT2D eigenvalue weighted by Crippen LogP contribution is -2.36. The summed E-state index contributed by atoms with van der Waals surface area (Å²) in [7, 11) is 0. The molecule has 0 amide bonds. The normalized spacial score (nSPS) is 17.0. The van der Waals surface area contributed by atoms with Gasteiger partial charge in [0, 0.05) is 30.5 Å². The van der Waals surface area contributed by atoms with Crippen LogP contribution in [0, 0.1) is 6.92 Å². The average molecular weight is 329 g/mol. The number of para-hydroxylation sites is 1. The van der Waals surface area contributed by atoms with Gasteiger partial charge in [-0.2, -0.15) is 5.10 Å². The van der Waals surface area contributed by atoms with Crippen molar-refractivity contribution in [3.05, 3.63) is 83.7 Å². The SMILES string of the molecule is Cc1cccn2nc(C3c4nc[nH]c4CCN3c3ccccc3)cc12. The molecule has 0 saturated heterocycles. The molecule has 0 fully saturated rings. The Morgan fingerprint density at radius 2 is 2.00 bits per heavy atom. The lowest BCUT2D eigenvalue weighted by Gasteiger charge is -2.35. The minimum Gasteiger partial charge on any atom is -0.357 e. The average Bonchev–Trinajstić information content (AvgIpc) is 3.29. The molecular formula is C20H19N5. The molecule has 25 heavy (non-hydrogen) atoms. The number of imidazole rings is 1. The summed E-state index contributed by atoms with van der Waals surface area (Å²) in [5.74, 6) is 0. The topological polar surface area (TPSA) is 49.2 Å². The van der Waals surface area contributed by atoms with Crippen molar-refractivity contribution >= 4 is 11.2 Å². The molecule has 1 aromatic carbocycles. The van der Waals surface area contributed by atoms with Crippen molar-refractivity contribution in [2.75, 3.05) is 11.4 Å². The summed E-state index contributed by atoms with van der Waals surface area (Å²) in [6.07, 6.45) is 4.77. The molecule has 5 rings (SSSR count). The number of nitrogens with one attached hydrogen (secondary N) is 1. The highest BCUT2D eigenvalue weighted by Gasteiger charge is 2.33. The van der Waals surface area contributed by atoms with Crippen molar-refractivity contribution in [2.24, 2.45) is 0 Å². The third kappa shape index (κ3) is 2.23. The Bertz CT molecular complexity index is 1030. The molecule has 0 radical (unpaired) electrons. The zero-order valence-corrected chi connectivity index (χ0v) is 14.1. The molecule has 1 aliphatic rings. The number of rotatable bonds is 2. The maximum atomic E-state index is 4.87. The molecule has 5 heteroatoms. The monoisotopic (exact) mass is 329 g/mol. The Morgan fingerprint density at radius 1 is 1.12 bits per heavy atom. The molecule has 5 nitrogen and oxygen atoms in total. The van der Waals surface area contributed by atoms with Gasteiger partial charge in [-0.05, 0) is 36.8 Å². The van der Waals surface area contributed by atoms with Crippen molar-refractivity contribution in [2.45, 2.75) is 19.4 Å². The van der Waals surface area contributed by atoms with Gasteiger partial charge in [-0.25, -0.2) is 9.50 Å². The minimum absolute atomic E-state index is 0.0247. The number of benzene rings is 1. The second-order valence-electron chi connectivity index (χ2n) is 6.54. The zero-order valence-electron chi connectivity index (χ0n) is 14.1. The van der Waals surface area contributed by atoms with Gasteiger partial charge in [0.1, 0.15) is 6.04 Å². The summed E-state index contributed by atoms with van der Waals surface area (Å²) in [5.41, 5.74) is 6.90. The standard InChI is InChI=1S/C20H19N5/c1-14-6-5-10-25-18(14)12-17(23-25)20-19-16(21-13-22-19)9-11-24(20)15-7-3-2-4-8-15/h2-8,10,12-13,20H,9,11H2,1H3,(H,21,22). The number of fused-ring (bicyclic) bond motifs is 2. The number of hydrogen-bond donors (Lipinski definition) is 1. The number of nitrogens with zero attached hydrogens (tertiary/aromatic N) is 4. The maximum absolute atomic E-state index is 4.87. The van der Waals surface area contributed by atoms with Crippen LogP contribution in [0.4, 0.5) is 5.69 Å². The first kappa shape index (κ1) is 14.3. The number of pyridine rings is 1. The smallest absolute Gasteiger partial charge is 0.117 e. The van der Waals surface area contributed by atoms with Crippen LogP contribution in [0.1, 0.15) is 28.7 Å². The number of aryl methyl sites for hydroxylation is 1. The van der Waals surface area contributed by atoms with E-state index in [1.807, 2.05) is 16.8 Å². The maximum Gasteiger partial charge on any atom is 0.117 e. The van der Waals surface area contributed by atoms with Crippen LogP contribution in [-0.4, -0.2) is 26.1 Å². The largest absolute Gasteiger partial charge is 0.357 e. The fraction of sp³-hybridized carbons (Fsp3) is 0.200. The molecule has 1 unspecified atom stereocenters. The Labute approximate surface area is 145 Å². The Hall–Kier alpha value is -3.08. The molecule has 0 saturated carbocycles. The van der Waals surface area contributed by atoms with Crippen molar-refractivity contribution < 1.29 is 0 Å². The molecule has 124 valence electrons. The van der Waals surface area contributed by atoms with Gasteiger partial charge in [0.25, 0.3) is 0 Å². The first-order valence-corrected chi connectivity index (χ1v) is 8.60. The molecule has 0 spiro atoms. The van der Waals surface area contributed by atoms with Gasteiger partial charge in [0.15, 0.2) is 0 Å². The lowest BCUT2D eigenvalue weighted by molar-refractivity contribution is 0.617. The van der Waals surface area contributed by atoms with Gasteiger partial charge in [0.05, 0.1) is 23.2 Å². The fourth-order valence-corrected chi connectivity index (χ4v) is 3.78. The quantitative estimate of drug-likeness (QED) is 0.612. The van der Waals surface area contributed by atoms with Crippen LogP contribution < -0.4 is 4.90 Å². The predicted molar refractivity (Wildman–Crippen MR) is 97.9 cm³/mol. The van der Waals surface area contributed by atoms with Crippen LogP contribution in [-0.2, 0) is 6.42 Å². The highest BCUT2D eigenvalue weighted by atomic mass is 15.3. The number of hydrogen-bond acceptors (Lipinski definition) is 3. The number of H-pyrrole nitrogens is 1.